The van der Waals surface area contributed by atoms with Crippen molar-refractivity contribution in [3.63, 3.8) is 0 Å². The molecule has 2 aromatic rings. The second-order valence-corrected chi connectivity index (χ2v) is 5.66. The molecule has 0 atom stereocenters. The number of nitrogens with zero attached hydrogens (tertiary/aromatic N) is 1. The smallest absolute Gasteiger partial charge is 0.254 e. The summed E-state index contributed by atoms with van der Waals surface area (Å²) < 4.78 is 8.39. The highest BCUT2D eigenvalue weighted by Crippen LogP contribution is 2.22. The summed E-state index contributed by atoms with van der Waals surface area (Å²) in [6.07, 6.45) is 9.54. The first-order valence-electron chi connectivity index (χ1n) is 8.40. The van der Waals surface area contributed by atoms with Gasteiger partial charge < -0.3 is 21.7 Å². The van der Waals surface area contributed by atoms with Gasteiger partial charge in [0.1, 0.15) is 6.54 Å². The Morgan fingerprint density at radius 3 is 2.41 bits per heavy atom. The predicted octanol–water partition coefficient (Wildman–Crippen LogP) is 1.89. The monoisotopic (exact) mass is 365 g/mol. The van der Waals surface area contributed by atoms with E-state index < -0.39 is 0 Å². The third kappa shape index (κ3) is 5.28. The van der Waals surface area contributed by atoms with Crippen molar-refractivity contribution < 1.29 is 26.3 Å². The van der Waals surface area contributed by atoms with E-state index in [0.29, 0.717) is 0 Å². The topological polar surface area (TPSA) is 13.1 Å². The summed E-state index contributed by atoms with van der Waals surface area (Å²) in [7, 11) is 0. The van der Waals surface area contributed by atoms with Gasteiger partial charge in [-0.1, -0.05) is 39.2 Å². The van der Waals surface area contributed by atoms with Crippen LogP contribution < -0.4 is 26.3 Å². The highest BCUT2D eigenvalue weighted by atomic mass is 79.9. The van der Waals surface area contributed by atoms with Gasteiger partial charge in [-0.15, -0.1) is 0 Å². The third-order valence-electron chi connectivity index (χ3n) is 3.87. The fourth-order valence-corrected chi connectivity index (χ4v) is 2.68. The SMILES string of the molecule is CCCCCOc1cccc2ccc[n+](CCCCC)c12.[Br-]. The normalized spacial score (nSPS) is 10.5. The van der Waals surface area contributed by atoms with E-state index in [2.05, 4.69) is 54.9 Å². The number of benzene rings is 1. The molecule has 0 radical (unpaired) electrons. The highest BCUT2D eigenvalue weighted by molar-refractivity contribution is 5.81. The maximum Gasteiger partial charge on any atom is 0.254 e. The zero-order valence-electron chi connectivity index (χ0n) is 13.9. The number of hydrogen-bond donors (Lipinski definition) is 0. The summed E-state index contributed by atoms with van der Waals surface area (Å²) in [6.45, 7) is 6.35. The van der Waals surface area contributed by atoms with Crippen LogP contribution in [0.2, 0.25) is 0 Å². The number of halogens is 1. The quantitative estimate of drug-likeness (QED) is 0.488. The lowest BCUT2D eigenvalue weighted by Gasteiger charge is -2.08. The average Bonchev–Trinajstić information content (AvgIpc) is 2.52. The van der Waals surface area contributed by atoms with Crippen LogP contribution >= 0.6 is 0 Å². The number of hydrogen-bond acceptors (Lipinski definition) is 1. The van der Waals surface area contributed by atoms with Crippen molar-refractivity contribution in [3.05, 3.63) is 36.5 Å². The number of aromatic nitrogens is 1. The van der Waals surface area contributed by atoms with Crippen molar-refractivity contribution in [2.45, 2.75) is 58.9 Å². The van der Waals surface area contributed by atoms with Gasteiger partial charge in [-0.3, -0.25) is 0 Å². The standard InChI is InChI=1S/C19H28NO.BrH/c1-3-5-7-14-20-15-10-12-17-11-9-13-18(19(17)20)21-16-8-6-4-2;/h9-13,15H,3-8,14,16H2,1-2H3;1H/q+1;/p-1. The van der Waals surface area contributed by atoms with Crippen LogP contribution in [0.4, 0.5) is 0 Å². The Hall–Kier alpha value is -1.09. The number of ether oxygens (including phenoxy) is 1. The summed E-state index contributed by atoms with van der Waals surface area (Å²) in [5.41, 5.74) is 1.24. The predicted molar refractivity (Wildman–Crippen MR) is 88.7 cm³/mol. The average molecular weight is 366 g/mol. The van der Waals surface area contributed by atoms with E-state index >= 15 is 0 Å². The van der Waals surface area contributed by atoms with Crippen molar-refractivity contribution in [1.29, 1.82) is 0 Å². The van der Waals surface area contributed by atoms with Crippen LogP contribution in [0.15, 0.2) is 36.5 Å². The second kappa shape index (κ2) is 10.6. The molecule has 0 saturated carbocycles. The maximum absolute atomic E-state index is 6.05. The maximum atomic E-state index is 6.05. The van der Waals surface area contributed by atoms with E-state index in [-0.39, 0.29) is 17.0 Å². The van der Waals surface area contributed by atoms with Gasteiger partial charge in [0.05, 0.1) is 12.0 Å². The lowest BCUT2D eigenvalue weighted by molar-refractivity contribution is -0.672. The molecule has 0 unspecified atom stereocenters. The molecular weight excluding hydrogens is 338 g/mol. The Balaban J connectivity index is 0.00000242. The number of pyridine rings is 1. The number of fused-ring (bicyclic) bond motifs is 1. The summed E-state index contributed by atoms with van der Waals surface area (Å²) in [5.74, 6) is 1.03. The van der Waals surface area contributed by atoms with E-state index in [9.17, 15) is 0 Å². The van der Waals surface area contributed by atoms with Gasteiger partial charge in [0.2, 0.25) is 0 Å². The lowest BCUT2D eigenvalue weighted by Crippen LogP contribution is -3.00. The molecule has 0 aliphatic carbocycles. The van der Waals surface area contributed by atoms with Crippen LogP contribution in [0.1, 0.15) is 52.4 Å². The van der Waals surface area contributed by atoms with Gasteiger partial charge in [-0.25, -0.2) is 0 Å². The molecule has 22 heavy (non-hydrogen) atoms. The van der Waals surface area contributed by atoms with Gasteiger partial charge >= 0.3 is 0 Å². The molecule has 0 amide bonds. The molecule has 0 aliphatic heterocycles. The minimum atomic E-state index is 0. The summed E-state index contributed by atoms with van der Waals surface area (Å²) in [5, 5.41) is 1.27. The molecule has 0 aliphatic rings. The second-order valence-electron chi connectivity index (χ2n) is 5.66. The van der Waals surface area contributed by atoms with E-state index in [1.165, 1.54) is 43.0 Å². The van der Waals surface area contributed by atoms with Crippen molar-refractivity contribution >= 4 is 10.9 Å². The number of para-hydroxylation sites is 1. The summed E-state index contributed by atoms with van der Waals surface area (Å²) >= 11 is 0. The first-order valence-corrected chi connectivity index (χ1v) is 8.40. The minimum absolute atomic E-state index is 0. The lowest BCUT2D eigenvalue weighted by atomic mass is 10.2. The zero-order chi connectivity index (χ0) is 14.9. The molecule has 0 bridgehead atoms. The molecule has 0 saturated heterocycles. The van der Waals surface area contributed by atoms with Crippen LogP contribution in [-0.2, 0) is 6.54 Å². The molecule has 2 nitrogen and oxygen atoms in total. The summed E-state index contributed by atoms with van der Waals surface area (Å²) in [6, 6.07) is 10.7. The highest BCUT2D eigenvalue weighted by Gasteiger charge is 2.14. The first-order chi connectivity index (χ1) is 10.4. The molecule has 1 aromatic heterocycles. The number of rotatable bonds is 9. The molecule has 1 aromatic carbocycles. The van der Waals surface area contributed by atoms with E-state index in [1.807, 2.05) is 0 Å². The fourth-order valence-electron chi connectivity index (χ4n) is 2.68. The van der Waals surface area contributed by atoms with Crippen LogP contribution in [0.25, 0.3) is 10.9 Å². The zero-order valence-corrected chi connectivity index (χ0v) is 15.4. The largest absolute Gasteiger partial charge is 1.00 e. The minimum Gasteiger partial charge on any atom is -1.00 e. The van der Waals surface area contributed by atoms with Gasteiger partial charge in [0.25, 0.3) is 5.52 Å². The molecule has 0 spiro atoms. The van der Waals surface area contributed by atoms with Gasteiger partial charge in [0.15, 0.2) is 11.9 Å². The van der Waals surface area contributed by atoms with Gasteiger partial charge in [0, 0.05) is 12.5 Å². The van der Waals surface area contributed by atoms with Crippen molar-refractivity contribution in [1.82, 2.24) is 0 Å². The first kappa shape index (κ1) is 19.0. The van der Waals surface area contributed by atoms with Crippen LogP contribution in [0.5, 0.6) is 5.75 Å². The molecule has 1 heterocycles. The molecular formula is C19H28BrNO. The van der Waals surface area contributed by atoms with Gasteiger partial charge in [-0.2, -0.15) is 4.57 Å². The molecule has 2 rings (SSSR count). The van der Waals surface area contributed by atoms with Crippen molar-refractivity contribution in [3.8, 4) is 5.75 Å². The third-order valence-corrected chi connectivity index (χ3v) is 3.87. The van der Waals surface area contributed by atoms with E-state index in [4.69, 9.17) is 4.74 Å². The van der Waals surface area contributed by atoms with Gasteiger partial charge in [-0.05, 0) is 31.0 Å². The fraction of sp³-hybridized carbons (Fsp3) is 0.526. The number of aryl methyl sites for hydroxylation is 1. The molecule has 0 fully saturated rings. The Morgan fingerprint density at radius 1 is 0.909 bits per heavy atom. The molecule has 122 valence electrons. The Labute approximate surface area is 145 Å². The summed E-state index contributed by atoms with van der Waals surface area (Å²) in [4.78, 5) is 0. The molecule has 3 heteroatoms. The Kier molecular flexibility index (Phi) is 9.14. The van der Waals surface area contributed by atoms with Crippen LogP contribution in [-0.4, -0.2) is 6.61 Å². The number of unbranched alkanes of at least 4 members (excludes halogenated alkanes) is 4. The van der Waals surface area contributed by atoms with Crippen molar-refractivity contribution in [2.75, 3.05) is 6.61 Å². The van der Waals surface area contributed by atoms with E-state index in [1.54, 1.807) is 0 Å². The Morgan fingerprint density at radius 2 is 1.64 bits per heavy atom. The van der Waals surface area contributed by atoms with Crippen molar-refractivity contribution in [2.24, 2.45) is 0 Å². The van der Waals surface area contributed by atoms with E-state index in [0.717, 1.165) is 25.3 Å². The van der Waals surface area contributed by atoms with Crippen LogP contribution in [0.3, 0.4) is 0 Å². The molecule has 0 N–H and O–H groups in total. The van der Waals surface area contributed by atoms with Crippen LogP contribution in [0, 0.1) is 0 Å². The Bertz CT molecular complexity index is 551.